The summed E-state index contributed by atoms with van der Waals surface area (Å²) in [7, 11) is 0. The molecule has 0 fully saturated rings. The van der Waals surface area contributed by atoms with Gasteiger partial charge in [0.2, 0.25) is 17.7 Å². The maximum absolute atomic E-state index is 13.0. The Morgan fingerprint density at radius 1 is 1.06 bits per heavy atom. The molecule has 0 radical (unpaired) electrons. The average molecular weight is 464 g/mol. The first-order valence-corrected chi connectivity index (χ1v) is 10.8. The number of carbonyl (C=O) groups is 4. The van der Waals surface area contributed by atoms with Crippen LogP contribution in [0.15, 0.2) is 30.5 Å². The molecule has 11 heteroatoms. The van der Waals surface area contributed by atoms with Crippen LogP contribution >= 0.6 is 12.6 Å². The zero-order valence-electron chi connectivity index (χ0n) is 17.9. The van der Waals surface area contributed by atoms with Crippen LogP contribution < -0.4 is 21.7 Å². The topological polar surface area (TPSA) is 166 Å². The quantitative estimate of drug-likeness (QED) is 0.228. The Kier molecular flexibility index (Phi) is 9.09. The van der Waals surface area contributed by atoms with E-state index in [9.17, 15) is 19.2 Å². The van der Waals surface area contributed by atoms with Gasteiger partial charge in [-0.25, -0.2) is 0 Å². The highest BCUT2D eigenvalue weighted by Gasteiger charge is 2.29. The van der Waals surface area contributed by atoms with Gasteiger partial charge in [0.15, 0.2) is 0 Å². The van der Waals surface area contributed by atoms with Crippen LogP contribution in [0.4, 0.5) is 0 Å². The molecule has 1 aromatic heterocycles. The molecular formula is C21H29N5O5S. The van der Waals surface area contributed by atoms with Crippen LogP contribution in [0, 0.1) is 5.92 Å². The molecule has 2 aromatic rings. The molecule has 3 unspecified atom stereocenters. The van der Waals surface area contributed by atoms with Gasteiger partial charge in [-0.3, -0.25) is 19.2 Å². The summed E-state index contributed by atoms with van der Waals surface area (Å²) in [5.41, 5.74) is 7.62. The monoisotopic (exact) mass is 463 g/mol. The van der Waals surface area contributed by atoms with E-state index in [1.165, 1.54) is 0 Å². The number of carboxylic acid groups (broad SMARTS) is 1. The molecular weight excluding hydrogens is 434 g/mol. The fourth-order valence-electron chi connectivity index (χ4n) is 3.05. The van der Waals surface area contributed by atoms with Gasteiger partial charge in [0.1, 0.15) is 18.6 Å². The fourth-order valence-corrected chi connectivity index (χ4v) is 3.31. The number of benzene rings is 1. The second kappa shape index (κ2) is 11.5. The summed E-state index contributed by atoms with van der Waals surface area (Å²) >= 11 is 4.07. The van der Waals surface area contributed by atoms with Gasteiger partial charge in [0.05, 0.1) is 6.04 Å². The molecule has 1 aromatic carbocycles. The number of aliphatic carboxylic acids is 1. The van der Waals surface area contributed by atoms with Gasteiger partial charge < -0.3 is 31.8 Å². The maximum atomic E-state index is 13.0. The molecule has 1 heterocycles. The number of nitrogens with one attached hydrogen (secondary N) is 4. The summed E-state index contributed by atoms with van der Waals surface area (Å²) in [6.07, 6.45) is 1.91. The van der Waals surface area contributed by atoms with Gasteiger partial charge in [0, 0.05) is 29.3 Å². The molecule has 2 rings (SSSR count). The number of H-pyrrole nitrogens is 1. The van der Waals surface area contributed by atoms with Crippen LogP contribution in [0.3, 0.4) is 0 Å². The highest BCUT2D eigenvalue weighted by atomic mass is 32.1. The van der Waals surface area contributed by atoms with Crippen molar-refractivity contribution in [2.24, 2.45) is 11.7 Å². The molecule has 32 heavy (non-hydrogen) atoms. The van der Waals surface area contributed by atoms with E-state index in [1.807, 2.05) is 24.3 Å². The highest BCUT2D eigenvalue weighted by molar-refractivity contribution is 7.80. The van der Waals surface area contributed by atoms with E-state index in [0.29, 0.717) is 0 Å². The Morgan fingerprint density at radius 3 is 2.34 bits per heavy atom. The minimum atomic E-state index is -1.21. The molecule has 0 spiro atoms. The third-order valence-electron chi connectivity index (χ3n) is 4.98. The average Bonchev–Trinajstić information content (AvgIpc) is 3.17. The predicted molar refractivity (Wildman–Crippen MR) is 123 cm³/mol. The number of amides is 3. The van der Waals surface area contributed by atoms with Crippen molar-refractivity contribution in [3.63, 3.8) is 0 Å². The second-order valence-corrected chi connectivity index (χ2v) is 8.12. The van der Waals surface area contributed by atoms with Crippen molar-refractivity contribution in [2.45, 2.75) is 38.4 Å². The third kappa shape index (κ3) is 6.72. The maximum Gasteiger partial charge on any atom is 0.322 e. The smallest absolute Gasteiger partial charge is 0.322 e. The number of rotatable bonds is 11. The summed E-state index contributed by atoms with van der Waals surface area (Å²) in [5.74, 6) is -3.20. The van der Waals surface area contributed by atoms with Gasteiger partial charge in [0.25, 0.3) is 0 Å². The van der Waals surface area contributed by atoms with Gasteiger partial charge in [-0.2, -0.15) is 12.6 Å². The molecule has 0 aliphatic rings. The number of para-hydroxylation sites is 1. The molecule has 3 amide bonds. The fraction of sp³-hybridized carbons (Fsp3) is 0.429. The first kappa shape index (κ1) is 25.2. The molecule has 7 N–H and O–H groups in total. The highest BCUT2D eigenvalue weighted by Crippen LogP contribution is 2.19. The van der Waals surface area contributed by atoms with Gasteiger partial charge >= 0.3 is 5.97 Å². The van der Waals surface area contributed by atoms with Crippen LogP contribution in [0.2, 0.25) is 0 Å². The largest absolute Gasteiger partial charge is 0.480 e. The summed E-state index contributed by atoms with van der Waals surface area (Å²) in [6, 6.07) is 4.63. The zero-order chi connectivity index (χ0) is 23.8. The lowest BCUT2D eigenvalue weighted by Gasteiger charge is -2.24. The van der Waals surface area contributed by atoms with Crippen LogP contribution in [0.5, 0.6) is 0 Å². The standard InChI is InChI=1S/C21H29N5O5S/c1-11(2)18(22)21(31)25-15(7-12-8-23-14-6-4-3-5-13(12)14)20(30)26-16(10-32)19(29)24-9-17(27)28/h3-6,8,11,15-16,18,23,32H,7,9-10,22H2,1-2H3,(H,24,29)(H,25,31)(H,26,30)(H,27,28). The Hall–Kier alpha value is -3.05. The van der Waals surface area contributed by atoms with E-state index in [4.69, 9.17) is 10.8 Å². The van der Waals surface area contributed by atoms with Gasteiger partial charge in [-0.05, 0) is 17.5 Å². The number of aromatic nitrogens is 1. The summed E-state index contributed by atoms with van der Waals surface area (Å²) in [4.78, 5) is 51.6. The first-order valence-electron chi connectivity index (χ1n) is 10.2. The molecule has 0 aliphatic heterocycles. The summed E-state index contributed by atoms with van der Waals surface area (Å²) < 4.78 is 0. The number of hydrogen-bond acceptors (Lipinski definition) is 6. The van der Waals surface area contributed by atoms with E-state index >= 15 is 0 Å². The van der Waals surface area contributed by atoms with E-state index in [-0.39, 0.29) is 18.1 Å². The number of aromatic amines is 1. The van der Waals surface area contributed by atoms with Crippen LogP contribution in [0.1, 0.15) is 19.4 Å². The van der Waals surface area contributed by atoms with Crippen molar-refractivity contribution >= 4 is 47.2 Å². The Bertz CT molecular complexity index is 976. The number of hydrogen-bond donors (Lipinski definition) is 7. The van der Waals surface area contributed by atoms with E-state index < -0.39 is 48.4 Å². The first-order chi connectivity index (χ1) is 15.1. The lowest BCUT2D eigenvalue weighted by atomic mass is 10.0. The van der Waals surface area contributed by atoms with Crippen LogP contribution in [-0.4, -0.2) is 64.2 Å². The number of fused-ring (bicyclic) bond motifs is 1. The molecule has 0 aliphatic carbocycles. The van der Waals surface area contributed by atoms with Gasteiger partial charge in [-0.15, -0.1) is 0 Å². The molecule has 0 saturated carbocycles. The minimum Gasteiger partial charge on any atom is -0.480 e. The lowest BCUT2D eigenvalue weighted by molar-refractivity contribution is -0.138. The van der Waals surface area contributed by atoms with Gasteiger partial charge in [-0.1, -0.05) is 32.0 Å². The minimum absolute atomic E-state index is 0.0591. The Labute approximate surface area is 191 Å². The molecule has 10 nitrogen and oxygen atoms in total. The van der Waals surface area contributed by atoms with E-state index in [0.717, 1.165) is 16.5 Å². The van der Waals surface area contributed by atoms with E-state index in [1.54, 1.807) is 20.0 Å². The third-order valence-corrected chi connectivity index (χ3v) is 5.35. The number of carbonyl (C=O) groups excluding carboxylic acids is 3. The summed E-state index contributed by atoms with van der Waals surface area (Å²) in [5, 5.41) is 17.1. The van der Waals surface area contributed by atoms with E-state index in [2.05, 4.69) is 33.6 Å². The Morgan fingerprint density at radius 2 is 1.72 bits per heavy atom. The molecule has 0 saturated heterocycles. The number of carboxylic acids is 1. The Balaban J connectivity index is 2.22. The number of thiol groups is 1. The second-order valence-electron chi connectivity index (χ2n) is 7.75. The normalized spacial score (nSPS) is 13.9. The zero-order valence-corrected chi connectivity index (χ0v) is 18.8. The van der Waals surface area contributed by atoms with Crippen molar-refractivity contribution in [3.05, 3.63) is 36.0 Å². The van der Waals surface area contributed by atoms with Crippen molar-refractivity contribution in [1.82, 2.24) is 20.9 Å². The van der Waals surface area contributed by atoms with Crippen molar-refractivity contribution in [3.8, 4) is 0 Å². The predicted octanol–water partition coefficient (Wildman–Crippen LogP) is -0.206. The van der Waals surface area contributed by atoms with Crippen LogP contribution in [0.25, 0.3) is 10.9 Å². The van der Waals surface area contributed by atoms with Crippen LogP contribution in [-0.2, 0) is 25.6 Å². The van der Waals surface area contributed by atoms with Crippen molar-refractivity contribution in [1.29, 1.82) is 0 Å². The molecule has 174 valence electrons. The van der Waals surface area contributed by atoms with Crippen molar-refractivity contribution in [2.75, 3.05) is 12.3 Å². The SMILES string of the molecule is CC(C)C(N)C(=O)NC(Cc1c[nH]c2ccccc12)C(=O)NC(CS)C(=O)NCC(=O)O. The van der Waals surface area contributed by atoms with Crippen molar-refractivity contribution < 1.29 is 24.3 Å². The lowest BCUT2D eigenvalue weighted by Crippen LogP contribution is -2.57. The summed E-state index contributed by atoms with van der Waals surface area (Å²) in [6.45, 7) is 3.00. The molecule has 0 bridgehead atoms. The molecule has 3 atom stereocenters. The number of nitrogens with two attached hydrogens (primary N) is 1.